The van der Waals surface area contributed by atoms with Gasteiger partial charge < -0.3 is 15.0 Å². The van der Waals surface area contributed by atoms with Gasteiger partial charge in [-0.3, -0.25) is 20.4 Å². The molecule has 2 heterocycles. The number of carbonyl (C=O) groups is 4. The number of hydrogen-bond donors (Lipinski definition) is 3. The lowest BCUT2D eigenvalue weighted by molar-refractivity contribution is -0.172. The van der Waals surface area contributed by atoms with Crippen LogP contribution in [0.4, 0.5) is 9.59 Å². The van der Waals surface area contributed by atoms with Gasteiger partial charge in [-0.15, -0.1) is 4.28 Å². The first-order valence-corrected chi connectivity index (χ1v) is 18.5. The third kappa shape index (κ3) is 12.7. The molecule has 0 aromatic carbocycles. The fraction of sp³-hybridized carbons (Fsp3) is 0.871. The summed E-state index contributed by atoms with van der Waals surface area (Å²) in [5, 5.41) is 4.84. The largest absolute Gasteiger partial charge is 0.444 e. The number of nitrogens with one attached hydrogen (secondary N) is 3. The number of carbonyl (C=O) groups excluding carboxylic acids is 4. The molecule has 2 atom stereocenters. The Morgan fingerprint density at radius 3 is 2.13 bits per heavy atom. The zero-order chi connectivity index (χ0) is 35.3. The zero-order valence-electron chi connectivity index (χ0n) is 29.4. The van der Waals surface area contributed by atoms with Crippen molar-refractivity contribution in [1.82, 2.24) is 31.2 Å². The molecule has 2 aliphatic rings. The van der Waals surface area contributed by atoms with Gasteiger partial charge >= 0.3 is 22.5 Å². The third-order valence-corrected chi connectivity index (χ3v) is 8.98. The number of rotatable bonds is 20. The van der Waals surface area contributed by atoms with Crippen molar-refractivity contribution in [3.63, 3.8) is 0 Å². The van der Waals surface area contributed by atoms with Gasteiger partial charge in [0.2, 0.25) is 5.91 Å². The maximum atomic E-state index is 13.4. The van der Waals surface area contributed by atoms with Crippen LogP contribution in [0.25, 0.3) is 0 Å². The number of hydrazine groups is 1. The molecule has 0 aliphatic carbocycles. The molecule has 15 nitrogen and oxygen atoms in total. The summed E-state index contributed by atoms with van der Waals surface area (Å²) in [4.78, 5) is 51.4. The van der Waals surface area contributed by atoms with Gasteiger partial charge in [0.15, 0.2) is 0 Å². The molecule has 0 aromatic rings. The van der Waals surface area contributed by atoms with Crippen LogP contribution in [0.15, 0.2) is 0 Å². The summed E-state index contributed by atoms with van der Waals surface area (Å²) in [5.74, 6) is -1.19. The molecule has 2 fully saturated rings. The van der Waals surface area contributed by atoms with Crippen molar-refractivity contribution in [3.05, 3.63) is 0 Å². The van der Waals surface area contributed by atoms with E-state index in [0.29, 0.717) is 13.0 Å². The quantitative estimate of drug-likeness (QED) is 0.155. The Hall–Kier alpha value is -2.69. The fourth-order valence-electron chi connectivity index (χ4n) is 5.98. The molecule has 0 saturated carbocycles. The van der Waals surface area contributed by atoms with Crippen LogP contribution in [0.2, 0.25) is 0 Å². The Morgan fingerprint density at radius 2 is 1.55 bits per heavy atom. The van der Waals surface area contributed by atoms with Crippen molar-refractivity contribution in [1.29, 1.82) is 0 Å². The summed E-state index contributed by atoms with van der Waals surface area (Å²) in [5.41, 5.74) is 3.43. The highest BCUT2D eigenvalue weighted by Crippen LogP contribution is 2.36. The van der Waals surface area contributed by atoms with Gasteiger partial charge in [-0.05, 0) is 59.3 Å². The van der Waals surface area contributed by atoms with Gasteiger partial charge in [-0.1, -0.05) is 66.2 Å². The van der Waals surface area contributed by atoms with Gasteiger partial charge in [0.25, 0.3) is 5.91 Å². The maximum Gasteiger partial charge on any atom is 0.437 e. The van der Waals surface area contributed by atoms with E-state index in [0.717, 1.165) is 69.3 Å². The third-order valence-electron chi connectivity index (χ3n) is 8.27. The van der Waals surface area contributed by atoms with E-state index in [2.05, 4.69) is 36.9 Å². The smallest absolute Gasteiger partial charge is 0.437 e. The van der Waals surface area contributed by atoms with Crippen molar-refractivity contribution in [2.24, 2.45) is 0 Å². The lowest BCUT2D eigenvalue weighted by Crippen LogP contribution is -2.54. The first-order chi connectivity index (χ1) is 22.1. The van der Waals surface area contributed by atoms with Gasteiger partial charge in [0.05, 0.1) is 6.04 Å². The van der Waals surface area contributed by atoms with Crippen LogP contribution >= 0.6 is 0 Å². The van der Waals surface area contributed by atoms with Gasteiger partial charge in [0, 0.05) is 31.6 Å². The highest BCUT2D eigenvalue weighted by Gasteiger charge is 2.50. The Bertz CT molecular complexity index is 1140. The minimum atomic E-state index is -4.69. The molecule has 2 saturated heterocycles. The predicted molar refractivity (Wildman–Crippen MR) is 175 cm³/mol. The fourth-order valence-corrected chi connectivity index (χ4v) is 6.84. The van der Waals surface area contributed by atoms with E-state index in [9.17, 15) is 27.6 Å². The Labute approximate surface area is 281 Å². The molecule has 2 rings (SSSR count). The van der Waals surface area contributed by atoms with Crippen LogP contribution in [0.5, 0.6) is 0 Å². The summed E-state index contributed by atoms with van der Waals surface area (Å²) >= 11 is 0. The number of ether oxygens (including phenoxy) is 1. The Morgan fingerprint density at radius 1 is 0.915 bits per heavy atom. The van der Waals surface area contributed by atoms with E-state index >= 15 is 0 Å². The number of amides is 5. The summed E-state index contributed by atoms with van der Waals surface area (Å²) in [6.45, 7) is 13.9. The van der Waals surface area contributed by atoms with Crippen molar-refractivity contribution < 1.29 is 40.9 Å². The van der Waals surface area contributed by atoms with Gasteiger partial charge in [-0.25, -0.2) is 9.59 Å². The van der Waals surface area contributed by atoms with Crippen LogP contribution in [0.3, 0.4) is 0 Å². The molecule has 0 aromatic heterocycles. The average Bonchev–Trinajstić information content (AvgIpc) is 3.22. The molecular weight excluding hydrogens is 632 g/mol. The molecule has 2 aliphatic heterocycles. The number of hydrogen-bond acceptors (Lipinski definition) is 10. The van der Waals surface area contributed by atoms with Crippen LogP contribution < -0.4 is 16.2 Å². The van der Waals surface area contributed by atoms with E-state index in [4.69, 9.17) is 13.3 Å². The van der Waals surface area contributed by atoms with E-state index in [-0.39, 0.29) is 25.9 Å². The second-order valence-corrected chi connectivity index (χ2v) is 14.5. The zero-order valence-corrected chi connectivity index (χ0v) is 30.2. The van der Waals surface area contributed by atoms with Crippen LogP contribution in [-0.2, 0) is 33.3 Å². The highest BCUT2D eigenvalue weighted by molar-refractivity contribution is 7.81. The lowest BCUT2D eigenvalue weighted by atomic mass is 9.82. The molecule has 16 heteroatoms. The van der Waals surface area contributed by atoms with E-state index in [1.54, 1.807) is 25.8 Å². The number of nitrogens with zero attached hydrogens (tertiary/aromatic N) is 3. The predicted octanol–water partition coefficient (Wildman–Crippen LogP) is 4.45. The molecule has 0 spiro atoms. The lowest BCUT2D eigenvalue weighted by Gasteiger charge is -2.43. The number of alkyl carbamates (subject to hydrolysis) is 1. The highest BCUT2D eigenvalue weighted by atomic mass is 32.3. The molecule has 272 valence electrons. The van der Waals surface area contributed by atoms with Gasteiger partial charge in [0.1, 0.15) is 11.6 Å². The monoisotopic (exact) mass is 690 g/mol. The Balaban J connectivity index is 2.04. The number of unbranched alkanes of at least 4 members (excludes halogenated alkanes) is 3. The van der Waals surface area contributed by atoms with Crippen LogP contribution in [0, 0.1) is 0 Å². The molecular formula is C31H58N6O9S. The summed E-state index contributed by atoms with van der Waals surface area (Å²) in [7, 11) is -4.69. The summed E-state index contributed by atoms with van der Waals surface area (Å²) in [6, 6.07) is -2.31. The number of fused-ring (bicyclic) bond motifs is 2. The van der Waals surface area contributed by atoms with Crippen molar-refractivity contribution in [2.45, 2.75) is 155 Å². The SMILES string of the molecule is CCCCN(OS(=O)(=O)ON1C(=O)N2C[C@@H]1CC[C@H]2C(=O)NNC(=O)CCNC(=O)OC(C)(C)C)C(CCC)(CCCC)CCCC. The second kappa shape index (κ2) is 18.7. The minimum absolute atomic E-state index is 0.0121. The van der Waals surface area contributed by atoms with E-state index in [1.165, 1.54) is 4.90 Å². The first-order valence-electron chi connectivity index (χ1n) is 17.2. The van der Waals surface area contributed by atoms with E-state index in [1.807, 2.05) is 6.92 Å². The molecule has 3 N–H and O–H groups in total. The van der Waals surface area contributed by atoms with Gasteiger partial charge in [-0.2, -0.15) is 22.8 Å². The second-order valence-electron chi connectivity index (χ2n) is 13.4. The molecule has 0 unspecified atom stereocenters. The number of hydroxylamine groups is 4. The number of urea groups is 1. The van der Waals surface area contributed by atoms with Crippen molar-refractivity contribution in [2.75, 3.05) is 19.6 Å². The number of piperidine rings is 1. The molecule has 0 radical (unpaired) electrons. The summed E-state index contributed by atoms with van der Waals surface area (Å²) < 4.78 is 43.0. The minimum Gasteiger partial charge on any atom is -0.444 e. The average molecular weight is 691 g/mol. The van der Waals surface area contributed by atoms with Crippen LogP contribution in [0.1, 0.15) is 132 Å². The molecule has 2 bridgehead atoms. The molecule has 47 heavy (non-hydrogen) atoms. The standard InChI is InChI=1S/C31H58N6O9S/c1-8-12-19-31(18-11-4,20-13-9-2)36(22-14-10-3)45-47(42,43)46-37-24-15-16-25(35(23-24)29(37)41)27(39)34-33-26(38)17-21-32-28(40)44-30(5,6)7/h24-25H,8-23H2,1-7H3,(H,32,40)(H,33,38)(H,34,39)/t24-,25-/m0/s1. The van der Waals surface area contributed by atoms with Crippen molar-refractivity contribution in [3.8, 4) is 0 Å². The van der Waals surface area contributed by atoms with Crippen LogP contribution in [-0.4, -0.2) is 90.2 Å². The normalized spacial score (nSPS) is 18.4. The summed E-state index contributed by atoms with van der Waals surface area (Å²) in [6.07, 6.45) is 8.27. The van der Waals surface area contributed by atoms with E-state index < -0.39 is 57.6 Å². The maximum absolute atomic E-state index is 13.4. The molecule has 5 amide bonds. The topological polar surface area (TPSA) is 176 Å². The Kier molecular flexibility index (Phi) is 16.1. The first kappa shape index (κ1) is 40.5. The van der Waals surface area contributed by atoms with Crippen molar-refractivity contribution >= 4 is 34.3 Å².